The Kier molecular flexibility index (Phi) is 11.2. The molecular weight excluding hydrogens is 494 g/mol. The van der Waals surface area contributed by atoms with Crippen LogP contribution in [0.1, 0.15) is 80.1 Å². The summed E-state index contributed by atoms with van der Waals surface area (Å²) >= 11 is 0. The number of hydrogen-bond donors (Lipinski definition) is 0. The average Bonchev–Trinajstić information content (AvgIpc) is 3.28. The zero-order chi connectivity index (χ0) is 28.4. The quantitative estimate of drug-likeness (QED) is 0.210. The van der Waals surface area contributed by atoms with Gasteiger partial charge in [0.15, 0.2) is 11.6 Å². The highest BCUT2D eigenvalue weighted by atomic mass is 19.2. The molecule has 0 aliphatic carbocycles. The Morgan fingerprint density at radius 1 is 1.15 bits per heavy atom. The first-order valence-corrected chi connectivity index (χ1v) is 13.7. The van der Waals surface area contributed by atoms with Gasteiger partial charge in [-0.2, -0.15) is 0 Å². The number of allylic oxidation sites excluding steroid dienone is 1. The monoisotopic (exact) mass is 534 g/mol. The van der Waals surface area contributed by atoms with Gasteiger partial charge in [0.2, 0.25) is 0 Å². The van der Waals surface area contributed by atoms with Crippen molar-refractivity contribution in [2.75, 3.05) is 19.7 Å². The van der Waals surface area contributed by atoms with Gasteiger partial charge in [-0.1, -0.05) is 43.8 Å². The van der Waals surface area contributed by atoms with Crippen LogP contribution < -0.4 is 0 Å². The minimum atomic E-state index is -0.934. The van der Waals surface area contributed by atoms with Gasteiger partial charge in [0, 0.05) is 42.8 Å². The fourth-order valence-corrected chi connectivity index (χ4v) is 4.95. The Balaban J connectivity index is 0.00000205. The summed E-state index contributed by atoms with van der Waals surface area (Å²) < 4.78 is 29.4. The molecule has 2 aromatic heterocycles. The molecule has 208 valence electrons. The molecule has 1 fully saturated rings. The van der Waals surface area contributed by atoms with Crippen molar-refractivity contribution in [1.82, 2.24) is 14.5 Å². The van der Waals surface area contributed by atoms with Crippen LogP contribution in [0.25, 0.3) is 12.2 Å². The third kappa shape index (κ3) is 7.30. The highest BCUT2D eigenvalue weighted by Gasteiger charge is 2.24. The molecule has 0 atom stereocenters. The summed E-state index contributed by atoms with van der Waals surface area (Å²) in [6.07, 6.45) is 12.5. The number of nitrogens with zero attached hydrogens (tertiary/aromatic N) is 4. The van der Waals surface area contributed by atoms with Crippen molar-refractivity contribution in [2.24, 2.45) is 12.2 Å². The molecule has 7 heteroatoms. The molecule has 0 radical (unpaired) electrons. The summed E-state index contributed by atoms with van der Waals surface area (Å²) in [7, 11) is 2.08. The Labute approximate surface area is 231 Å². The van der Waals surface area contributed by atoms with Gasteiger partial charge < -0.3 is 9.40 Å². The molecule has 0 saturated carbocycles. The summed E-state index contributed by atoms with van der Waals surface area (Å²) in [5.41, 5.74) is 6.26. The topological polar surface area (TPSA) is 42.6 Å². The van der Waals surface area contributed by atoms with Gasteiger partial charge >= 0.3 is 0 Å². The van der Waals surface area contributed by atoms with E-state index in [1.165, 1.54) is 17.2 Å². The largest absolute Gasteiger partial charge is 0.396 e. The number of benzene rings is 1. The lowest BCUT2D eigenvalue weighted by Crippen LogP contribution is -2.32. The normalized spacial score (nSPS) is 14.8. The van der Waals surface area contributed by atoms with Crippen LogP contribution in [0.4, 0.5) is 8.78 Å². The third-order valence-electron chi connectivity index (χ3n) is 6.81. The van der Waals surface area contributed by atoms with Crippen molar-refractivity contribution in [1.29, 1.82) is 0 Å². The van der Waals surface area contributed by atoms with Crippen LogP contribution in [0.3, 0.4) is 0 Å². The van der Waals surface area contributed by atoms with Crippen molar-refractivity contribution in [3.05, 3.63) is 101 Å². The molecule has 0 amide bonds. The molecule has 5 nitrogen and oxygen atoms in total. The summed E-state index contributed by atoms with van der Waals surface area (Å²) in [6, 6.07) is 7.53. The zero-order valence-corrected chi connectivity index (χ0v) is 23.8. The first-order chi connectivity index (χ1) is 18.9. The van der Waals surface area contributed by atoms with E-state index in [0.717, 1.165) is 55.9 Å². The van der Waals surface area contributed by atoms with Gasteiger partial charge in [0.25, 0.3) is 0 Å². The van der Waals surface area contributed by atoms with Crippen LogP contribution in [0.2, 0.25) is 0 Å². The van der Waals surface area contributed by atoms with Crippen LogP contribution in [-0.4, -0.2) is 39.9 Å². The van der Waals surface area contributed by atoms with E-state index < -0.39 is 11.6 Å². The second kappa shape index (κ2) is 14.5. The van der Waals surface area contributed by atoms with Crippen LogP contribution in [-0.2, 0) is 18.4 Å². The molecule has 4 rings (SSSR count). The number of hydrogen-bond acceptors (Lipinski definition) is 4. The summed E-state index contributed by atoms with van der Waals surface area (Å²) in [5, 5.41) is 4.11. The molecule has 39 heavy (non-hydrogen) atoms. The number of aromatic nitrogens is 2. The number of halogens is 2. The first-order valence-electron chi connectivity index (χ1n) is 13.7. The van der Waals surface area contributed by atoms with Crippen molar-refractivity contribution in [2.45, 2.75) is 53.0 Å². The number of oxime groups is 1. The van der Waals surface area contributed by atoms with Gasteiger partial charge in [-0.25, -0.2) is 8.78 Å². The van der Waals surface area contributed by atoms with Gasteiger partial charge in [-0.15, -0.1) is 0 Å². The Morgan fingerprint density at radius 2 is 1.90 bits per heavy atom. The smallest absolute Gasteiger partial charge is 0.159 e. The van der Waals surface area contributed by atoms with Crippen molar-refractivity contribution < 1.29 is 13.6 Å². The molecule has 3 aromatic rings. The van der Waals surface area contributed by atoms with Crippen molar-refractivity contribution >= 4 is 17.9 Å². The van der Waals surface area contributed by atoms with Crippen LogP contribution >= 0.6 is 0 Å². The molecule has 1 aliphatic rings. The Hall–Kier alpha value is -3.58. The first kappa shape index (κ1) is 30.0. The predicted molar refractivity (Wildman–Crippen MR) is 157 cm³/mol. The summed E-state index contributed by atoms with van der Waals surface area (Å²) in [6.45, 7) is 15.0. The lowest BCUT2D eigenvalue weighted by molar-refractivity contribution is 0.159. The molecular formula is C32H40F2N4O. The van der Waals surface area contributed by atoms with E-state index in [-0.39, 0.29) is 0 Å². The Morgan fingerprint density at radius 3 is 2.49 bits per heavy atom. The molecule has 0 spiro atoms. The van der Waals surface area contributed by atoms with E-state index in [2.05, 4.69) is 58.5 Å². The molecule has 0 N–H and O–H groups in total. The molecule has 0 unspecified atom stereocenters. The number of likely N-dealkylation sites (tertiary alicyclic amines) is 1. The standard InChI is InChI=1S/C30H34F2N4O.C2H6/c1-5-8-24-25(20-35(4)29(24)6-2)22-13-15-36(16-14-22)19-21-9-12-28(33-18-21)30(34-37-7-3)23-10-11-26(31)27(32)17-23;1-2/h5-6,8-12,17-18,20,22H,2,7,13-16,19H2,1,3-4H3;1-2H3/b8-5-,34-30+;. The second-order valence-electron chi connectivity index (χ2n) is 9.29. The second-order valence-corrected chi connectivity index (χ2v) is 9.29. The van der Waals surface area contributed by atoms with Crippen LogP contribution in [0.5, 0.6) is 0 Å². The maximum Gasteiger partial charge on any atom is 0.159 e. The van der Waals surface area contributed by atoms with Crippen LogP contribution in [0.15, 0.2) is 60.5 Å². The summed E-state index contributed by atoms with van der Waals surface area (Å²) in [5.74, 6) is -1.31. The highest BCUT2D eigenvalue weighted by molar-refractivity contribution is 6.11. The molecule has 1 aromatic carbocycles. The van der Waals surface area contributed by atoms with E-state index in [9.17, 15) is 8.78 Å². The fourth-order valence-electron chi connectivity index (χ4n) is 4.95. The molecule has 1 saturated heterocycles. The van der Waals surface area contributed by atoms with Crippen LogP contribution in [0, 0.1) is 11.6 Å². The van der Waals surface area contributed by atoms with Gasteiger partial charge in [-0.05, 0) is 87.2 Å². The number of piperidine rings is 1. The number of pyridine rings is 1. The van der Waals surface area contributed by atoms with Gasteiger partial charge in [-0.3, -0.25) is 9.88 Å². The number of rotatable bonds is 9. The fraction of sp³-hybridized carbons (Fsp3) is 0.375. The summed E-state index contributed by atoms with van der Waals surface area (Å²) in [4.78, 5) is 12.2. The maximum atomic E-state index is 13.8. The maximum absolute atomic E-state index is 13.8. The SMILES string of the molecule is C=Cc1c(/C=C\C)c(C2CCN(Cc3ccc(/C(=N/OCC)c4ccc(F)c(F)c4)nc3)CC2)cn1C.CC. The van der Waals surface area contributed by atoms with Gasteiger partial charge in [0.05, 0.1) is 5.69 Å². The van der Waals surface area contributed by atoms with Gasteiger partial charge in [0.1, 0.15) is 12.3 Å². The molecule has 1 aliphatic heterocycles. The minimum absolute atomic E-state index is 0.356. The lowest BCUT2D eigenvalue weighted by Gasteiger charge is -2.32. The van der Waals surface area contributed by atoms with E-state index in [1.54, 1.807) is 0 Å². The van der Waals surface area contributed by atoms with E-state index in [0.29, 0.717) is 29.5 Å². The third-order valence-corrected chi connectivity index (χ3v) is 6.81. The van der Waals surface area contributed by atoms with Crippen molar-refractivity contribution in [3.63, 3.8) is 0 Å². The van der Waals surface area contributed by atoms with E-state index in [1.807, 2.05) is 45.2 Å². The van der Waals surface area contributed by atoms with E-state index >= 15 is 0 Å². The highest BCUT2D eigenvalue weighted by Crippen LogP contribution is 2.34. The Bertz CT molecular complexity index is 1290. The minimum Gasteiger partial charge on any atom is -0.396 e. The molecule has 0 bridgehead atoms. The lowest BCUT2D eigenvalue weighted by atomic mass is 9.88. The zero-order valence-electron chi connectivity index (χ0n) is 23.8. The average molecular weight is 535 g/mol. The molecule has 3 heterocycles. The predicted octanol–water partition coefficient (Wildman–Crippen LogP) is 7.57. The number of aryl methyl sites for hydroxylation is 1. The van der Waals surface area contributed by atoms with Crippen molar-refractivity contribution in [3.8, 4) is 0 Å². The van der Waals surface area contributed by atoms with E-state index in [4.69, 9.17) is 4.84 Å².